The summed E-state index contributed by atoms with van der Waals surface area (Å²) in [7, 11) is 0. The van der Waals surface area contributed by atoms with E-state index in [0.717, 1.165) is 65.9 Å². The predicted octanol–water partition coefficient (Wildman–Crippen LogP) is 13.1. The van der Waals surface area contributed by atoms with Gasteiger partial charge < -0.3 is 4.57 Å². The summed E-state index contributed by atoms with van der Waals surface area (Å²) < 4.78 is 6.83. The van der Waals surface area contributed by atoms with E-state index in [1.54, 1.807) is 0 Å². The average Bonchev–Trinajstić information content (AvgIpc) is 3.99. The van der Waals surface area contributed by atoms with Gasteiger partial charge in [0, 0.05) is 43.3 Å². The summed E-state index contributed by atoms with van der Waals surface area (Å²) in [5, 5.41) is 7.00. The van der Waals surface area contributed by atoms with Gasteiger partial charge in [0.05, 0.1) is 38.8 Å². The van der Waals surface area contributed by atoms with Crippen LogP contribution in [0.3, 0.4) is 0 Å². The molecule has 0 spiro atoms. The minimum atomic E-state index is -0.223. The summed E-state index contributed by atoms with van der Waals surface area (Å²) in [5.41, 5.74) is 13.2. The van der Waals surface area contributed by atoms with E-state index in [-0.39, 0.29) is 5.41 Å². The number of para-hydroxylation sites is 6. The normalized spacial score (nSPS) is 13.3. The Bertz CT molecular complexity index is 3470. The lowest BCUT2D eigenvalue weighted by molar-refractivity contribution is 0.660. The molecule has 13 rings (SSSR count). The molecule has 282 valence electrons. The molecule has 1 aliphatic rings. The molecule has 12 aromatic rings. The molecule has 4 aromatic heterocycles. The van der Waals surface area contributed by atoms with Crippen LogP contribution in [0.15, 0.2) is 182 Å². The summed E-state index contributed by atoms with van der Waals surface area (Å²) in [5.74, 6) is 1.72. The van der Waals surface area contributed by atoms with Crippen LogP contribution in [0.4, 0.5) is 0 Å². The first-order chi connectivity index (χ1) is 29.5. The maximum Gasteiger partial charge on any atom is 0.240 e. The van der Waals surface area contributed by atoms with Crippen molar-refractivity contribution in [2.45, 2.75) is 19.3 Å². The molecule has 60 heavy (non-hydrogen) atoms. The Labute approximate surface area is 345 Å². The third-order valence-electron chi connectivity index (χ3n) is 12.9. The van der Waals surface area contributed by atoms with Gasteiger partial charge in [-0.2, -0.15) is 15.0 Å². The molecule has 0 radical (unpaired) electrons. The monoisotopic (exact) mass is 768 g/mol. The van der Waals surface area contributed by atoms with E-state index in [4.69, 9.17) is 15.0 Å². The lowest BCUT2D eigenvalue weighted by Crippen LogP contribution is -2.16. The second kappa shape index (κ2) is 12.1. The molecule has 6 heteroatoms. The first-order valence-electron chi connectivity index (χ1n) is 20.6. The first kappa shape index (κ1) is 33.2. The van der Waals surface area contributed by atoms with Crippen molar-refractivity contribution in [2.24, 2.45) is 0 Å². The van der Waals surface area contributed by atoms with Crippen LogP contribution >= 0.6 is 0 Å². The largest absolute Gasteiger partial charge is 0.308 e. The Morgan fingerprint density at radius 2 is 0.700 bits per heavy atom. The predicted molar refractivity (Wildman–Crippen MR) is 246 cm³/mol. The first-order valence-corrected chi connectivity index (χ1v) is 20.6. The molecule has 0 amide bonds. The van der Waals surface area contributed by atoms with Gasteiger partial charge in [0.15, 0.2) is 5.82 Å². The zero-order chi connectivity index (χ0) is 39.7. The van der Waals surface area contributed by atoms with Crippen molar-refractivity contribution in [3.63, 3.8) is 0 Å². The van der Waals surface area contributed by atoms with E-state index in [1.807, 2.05) is 0 Å². The van der Waals surface area contributed by atoms with Gasteiger partial charge in [-0.25, -0.2) is 0 Å². The smallest absolute Gasteiger partial charge is 0.240 e. The van der Waals surface area contributed by atoms with Gasteiger partial charge in [-0.1, -0.05) is 147 Å². The van der Waals surface area contributed by atoms with Crippen LogP contribution in [0, 0.1) is 0 Å². The summed E-state index contributed by atoms with van der Waals surface area (Å²) in [4.78, 5) is 16.6. The Balaban J connectivity index is 1.20. The lowest BCUT2D eigenvalue weighted by Gasteiger charge is -2.23. The van der Waals surface area contributed by atoms with Crippen molar-refractivity contribution >= 4 is 65.4 Å². The standard InChI is InChI=1S/C54H36N6/c1-54(2)42-24-10-3-17-33(42)40-31-41(50(32-43(40)54)58-44-25-11-4-18-34(44)35-19-5-12-26-45(35)58)51-55-52(59-46-27-13-6-20-36(46)37-21-7-14-28-47(37)59)57-53(56-51)60-48-29-15-8-22-38(48)39-23-9-16-30-49(39)60/h3-32H,1-2H3. The summed E-state index contributed by atoms with van der Waals surface area (Å²) in [6.45, 7) is 4.69. The fraction of sp³-hybridized carbons (Fsp3) is 0.0556. The highest BCUT2D eigenvalue weighted by Crippen LogP contribution is 2.51. The minimum absolute atomic E-state index is 0.223. The molecule has 6 nitrogen and oxygen atoms in total. The molecule has 8 aromatic carbocycles. The number of aromatic nitrogens is 6. The third kappa shape index (κ3) is 4.45. The number of benzene rings is 8. The summed E-state index contributed by atoms with van der Waals surface area (Å²) >= 11 is 0. The SMILES string of the molecule is CC1(C)c2ccccc2-c2cc(-c3nc(-n4c5ccccc5c5ccccc54)nc(-n4c5ccccc5c5ccccc54)n3)c(-n3c4ccccc4c4ccccc43)cc21. The quantitative estimate of drug-likeness (QED) is 0.179. The fourth-order valence-electron chi connectivity index (χ4n) is 10.2. The molecular weight excluding hydrogens is 733 g/mol. The third-order valence-corrected chi connectivity index (χ3v) is 12.9. The van der Waals surface area contributed by atoms with Gasteiger partial charge in [-0.15, -0.1) is 0 Å². The zero-order valence-corrected chi connectivity index (χ0v) is 33.0. The number of fused-ring (bicyclic) bond motifs is 12. The molecule has 0 bridgehead atoms. The van der Waals surface area contributed by atoms with Gasteiger partial charge in [0.2, 0.25) is 11.9 Å². The van der Waals surface area contributed by atoms with Crippen molar-refractivity contribution in [3.05, 3.63) is 193 Å². The van der Waals surface area contributed by atoms with Crippen LogP contribution in [0.25, 0.3) is 106 Å². The molecule has 0 saturated heterocycles. The van der Waals surface area contributed by atoms with Gasteiger partial charge in [-0.3, -0.25) is 9.13 Å². The fourth-order valence-corrected chi connectivity index (χ4v) is 10.2. The Kier molecular flexibility index (Phi) is 6.69. The van der Waals surface area contributed by atoms with Crippen molar-refractivity contribution in [1.82, 2.24) is 28.7 Å². The Morgan fingerprint density at radius 3 is 1.13 bits per heavy atom. The number of nitrogens with zero attached hydrogens (tertiary/aromatic N) is 6. The molecule has 0 atom stereocenters. The minimum Gasteiger partial charge on any atom is -0.308 e. The highest BCUT2D eigenvalue weighted by Gasteiger charge is 2.37. The molecule has 0 aliphatic heterocycles. The van der Waals surface area contributed by atoms with E-state index in [1.165, 1.54) is 33.0 Å². The van der Waals surface area contributed by atoms with Gasteiger partial charge in [0.25, 0.3) is 0 Å². The van der Waals surface area contributed by atoms with Crippen LogP contribution in [0.1, 0.15) is 25.0 Å². The maximum atomic E-state index is 5.58. The van der Waals surface area contributed by atoms with Crippen LogP contribution in [-0.2, 0) is 5.41 Å². The maximum absolute atomic E-state index is 5.58. The van der Waals surface area contributed by atoms with E-state index in [0.29, 0.717) is 17.7 Å². The topological polar surface area (TPSA) is 53.5 Å². The average molecular weight is 769 g/mol. The summed E-state index contributed by atoms with van der Waals surface area (Å²) in [6, 6.07) is 65.2. The molecule has 1 aliphatic carbocycles. The number of hydrogen-bond acceptors (Lipinski definition) is 3. The molecular formula is C54H36N6. The molecule has 4 heterocycles. The molecule has 0 saturated carbocycles. The summed E-state index contributed by atoms with van der Waals surface area (Å²) in [6.07, 6.45) is 0. The molecule has 0 unspecified atom stereocenters. The lowest BCUT2D eigenvalue weighted by atomic mass is 9.82. The second-order valence-corrected chi connectivity index (χ2v) is 16.5. The van der Waals surface area contributed by atoms with Gasteiger partial charge in [-0.05, 0) is 70.8 Å². The van der Waals surface area contributed by atoms with Crippen molar-refractivity contribution < 1.29 is 0 Å². The van der Waals surface area contributed by atoms with E-state index < -0.39 is 0 Å². The van der Waals surface area contributed by atoms with E-state index in [9.17, 15) is 0 Å². The molecule has 0 fully saturated rings. The zero-order valence-electron chi connectivity index (χ0n) is 33.0. The number of hydrogen-bond donors (Lipinski definition) is 0. The van der Waals surface area contributed by atoms with Gasteiger partial charge in [0.1, 0.15) is 0 Å². The second-order valence-electron chi connectivity index (χ2n) is 16.5. The van der Waals surface area contributed by atoms with E-state index >= 15 is 0 Å². The van der Waals surface area contributed by atoms with Gasteiger partial charge >= 0.3 is 0 Å². The Hall–Kier alpha value is -7.83. The van der Waals surface area contributed by atoms with Crippen LogP contribution < -0.4 is 0 Å². The van der Waals surface area contributed by atoms with E-state index in [2.05, 4.69) is 210 Å². The van der Waals surface area contributed by atoms with Crippen molar-refractivity contribution in [1.29, 1.82) is 0 Å². The Morgan fingerprint density at radius 1 is 0.333 bits per heavy atom. The highest BCUT2D eigenvalue weighted by molar-refractivity contribution is 6.11. The highest BCUT2D eigenvalue weighted by atomic mass is 15.3. The van der Waals surface area contributed by atoms with Crippen molar-refractivity contribution in [3.8, 4) is 40.1 Å². The van der Waals surface area contributed by atoms with Crippen LogP contribution in [-0.4, -0.2) is 28.7 Å². The van der Waals surface area contributed by atoms with Crippen molar-refractivity contribution in [2.75, 3.05) is 0 Å². The molecule has 0 N–H and O–H groups in total. The van der Waals surface area contributed by atoms with Crippen LogP contribution in [0.2, 0.25) is 0 Å². The number of rotatable bonds is 4. The van der Waals surface area contributed by atoms with Crippen LogP contribution in [0.5, 0.6) is 0 Å².